The summed E-state index contributed by atoms with van der Waals surface area (Å²) in [6.07, 6.45) is 0.725. The number of quaternary nitrogens is 1. The van der Waals surface area contributed by atoms with Crippen LogP contribution in [0, 0.1) is 0 Å². The van der Waals surface area contributed by atoms with Gasteiger partial charge in [0, 0.05) is 18.5 Å². The predicted octanol–water partition coefficient (Wildman–Crippen LogP) is 1.40. The van der Waals surface area contributed by atoms with E-state index in [0.29, 0.717) is 49.2 Å². The Hall–Kier alpha value is -3.52. The van der Waals surface area contributed by atoms with Gasteiger partial charge in [-0.3, -0.25) is 9.59 Å². The number of nitrogens with zero attached hydrogens (tertiary/aromatic N) is 1. The largest absolute Gasteiger partial charge is 0.872 e. The Morgan fingerprint density at radius 1 is 1.06 bits per heavy atom. The number of hydrogen-bond acceptors (Lipinski definition) is 6. The van der Waals surface area contributed by atoms with Crippen LogP contribution in [0.4, 0.5) is 0 Å². The molecule has 2 aromatic rings. The van der Waals surface area contributed by atoms with Gasteiger partial charge in [0.1, 0.15) is 19.0 Å². The molecule has 0 bridgehead atoms. The minimum Gasteiger partial charge on any atom is -0.872 e. The third kappa shape index (κ3) is 5.18. The first-order chi connectivity index (χ1) is 17.5. The van der Waals surface area contributed by atoms with Crippen LogP contribution in [0.15, 0.2) is 48.0 Å². The highest BCUT2D eigenvalue weighted by molar-refractivity contribution is 6.46. The molecule has 1 saturated heterocycles. The minimum absolute atomic E-state index is 0.0412. The van der Waals surface area contributed by atoms with Gasteiger partial charge in [0.2, 0.25) is 5.78 Å². The Labute approximate surface area is 212 Å². The number of hydrogen-bond donors (Lipinski definition) is 1. The lowest BCUT2D eigenvalue weighted by Crippen LogP contribution is -3.11. The summed E-state index contributed by atoms with van der Waals surface area (Å²) in [7, 11) is 0. The van der Waals surface area contributed by atoms with Crippen molar-refractivity contribution in [1.82, 2.24) is 4.90 Å². The average Bonchev–Trinajstić information content (AvgIpc) is 3.16. The third-order valence-electron chi connectivity index (χ3n) is 6.75. The molecular weight excluding hydrogens is 460 g/mol. The van der Waals surface area contributed by atoms with Crippen molar-refractivity contribution in [2.24, 2.45) is 0 Å². The molecule has 0 saturated carbocycles. The summed E-state index contributed by atoms with van der Waals surface area (Å²) >= 11 is 0. The molecular formula is C28H34N2O6. The van der Waals surface area contributed by atoms with Crippen molar-refractivity contribution in [2.45, 2.75) is 33.2 Å². The van der Waals surface area contributed by atoms with Gasteiger partial charge >= 0.3 is 0 Å². The van der Waals surface area contributed by atoms with E-state index in [4.69, 9.17) is 14.2 Å². The number of rotatable bonds is 10. The molecule has 1 N–H and O–H groups in total. The maximum absolute atomic E-state index is 13.7. The van der Waals surface area contributed by atoms with E-state index in [1.165, 1.54) is 4.90 Å². The monoisotopic (exact) mass is 494 g/mol. The Balaban J connectivity index is 1.75. The number of Topliss-reactive ketones (excluding diaryl/α,β-unsaturated/α-hetero) is 1. The van der Waals surface area contributed by atoms with Crippen LogP contribution in [0.25, 0.3) is 5.76 Å². The topological polar surface area (TPSA) is 92.6 Å². The molecule has 1 fully saturated rings. The first-order valence-electron chi connectivity index (χ1n) is 12.7. The summed E-state index contributed by atoms with van der Waals surface area (Å²) in [6, 6.07) is 11.4. The van der Waals surface area contributed by atoms with E-state index < -0.39 is 23.5 Å². The summed E-state index contributed by atoms with van der Waals surface area (Å²) in [4.78, 5) is 29.5. The van der Waals surface area contributed by atoms with E-state index >= 15 is 0 Å². The van der Waals surface area contributed by atoms with Gasteiger partial charge in [-0.25, -0.2) is 0 Å². The van der Waals surface area contributed by atoms with Gasteiger partial charge < -0.3 is 29.1 Å². The van der Waals surface area contributed by atoms with Crippen molar-refractivity contribution in [3.8, 4) is 17.2 Å². The van der Waals surface area contributed by atoms with E-state index in [0.717, 1.165) is 26.1 Å². The second-order valence-electron chi connectivity index (χ2n) is 8.90. The van der Waals surface area contributed by atoms with Crippen LogP contribution in [0.5, 0.6) is 17.2 Å². The van der Waals surface area contributed by atoms with Crippen LogP contribution >= 0.6 is 0 Å². The molecule has 36 heavy (non-hydrogen) atoms. The normalized spacial score (nSPS) is 18.7. The lowest BCUT2D eigenvalue weighted by Gasteiger charge is -2.28. The number of ketones is 1. The molecule has 4 rings (SSSR count). The van der Waals surface area contributed by atoms with Crippen molar-refractivity contribution in [3.63, 3.8) is 0 Å². The first kappa shape index (κ1) is 25.6. The van der Waals surface area contributed by atoms with E-state index in [9.17, 15) is 14.7 Å². The SMILES string of the molecule is CCOc1cccc(C2/C(=C(\[O-])c3ccc4c(c3)OCCO4)C(=O)C(=O)N2CCC[NH+](CC)CC)c1. The highest BCUT2D eigenvalue weighted by atomic mass is 16.6. The van der Waals surface area contributed by atoms with Crippen molar-refractivity contribution >= 4 is 17.4 Å². The molecule has 2 heterocycles. The molecule has 1 atom stereocenters. The number of amides is 1. The Bertz CT molecular complexity index is 1140. The zero-order valence-electron chi connectivity index (χ0n) is 21.2. The van der Waals surface area contributed by atoms with Gasteiger partial charge in [-0.15, -0.1) is 0 Å². The van der Waals surface area contributed by atoms with Crippen molar-refractivity contribution in [2.75, 3.05) is 46.0 Å². The number of carbonyl (C=O) groups excluding carboxylic acids is 2. The number of carbonyl (C=O) groups is 2. The summed E-state index contributed by atoms with van der Waals surface area (Å²) in [5.74, 6) is -0.236. The zero-order chi connectivity index (χ0) is 25.7. The lowest BCUT2D eigenvalue weighted by atomic mass is 9.95. The second-order valence-corrected chi connectivity index (χ2v) is 8.90. The van der Waals surface area contributed by atoms with Gasteiger partial charge in [-0.1, -0.05) is 24.0 Å². The van der Waals surface area contributed by atoms with Gasteiger partial charge in [0.25, 0.3) is 5.91 Å². The molecule has 0 spiro atoms. The van der Waals surface area contributed by atoms with Crippen molar-refractivity contribution in [1.29, 1.82) is 0 Å². The molecule has 1 unspecified atom stereocenters. The fraction of sp³-hybridized carbons (Fsp3) is 0.429. The summed E-state index contributed by atoms with van der Waals surface area (Å²) in [6.45, 7) is 10.7. The molecule has 2 aromatic carbocycles. The minimum atomic E-state index is -0.780. The van der Waals surface area contributed by atoms with Crippen LogP contribution in [0.2, 0.25) is 0 Å². The van der Waals surface area contributed by atoms with Crippen molar-refractivity contribution < 1.29 is 33.8 Å². The van der Waals surface area contributed by atoms with Crippen molar-refractivity contribution in [3.05, 3.63) is 59.2 Å². The number of benzene rings is 2. The molecule has 192 valence electrons. The van der Waals surface area contributed by atoms with E-state index in [1.807, 2.05) is 25.1 Å². The molecule has 0 aliphatic carbocycles. The number of likely N-dealkylation sites (tertiary alicyclic amines) is 1. The van der Waals surface area contributed by atoms with Crippen LogP contribution < -0.4 is 24.2 Å². The van der Waals surface area contributed by atoms with Crippen LogP contribution in [0.1, 0.15) is 44.4 Å². The maximum atomic E-state index is 13.7. The van der Waals surface area contributed by atoms with Gasteiger partial charge in [-0.05, 0) is 56.2 Å². The molecule has 8 nitrogen and oxygen atoms in total. The number of nitrogens with one attached hydrogen (secondary N) is 1. The zero-order valence-corrected chi connectivity index (χ0v) is 21.2. The average molecular weight is 495 g/mol. The van der Waals surface area contributed by atoms with Crippen LogP contribution in [-0.4, -0.2) is 62.6 Å². The summed E-state index contributed by atoms with van der Waals surface area (Å²) < 4.78 is 16.9. The second kappa shape index (κ2) is 11.5. The summed E-state index contributed by atoms with van der Waals surface area (Å²) in [5.41, 5.74) is 0.924. The fourth-order valence-electron chi connectivity index (χ4n) is 4.83. The molecule has 1 amide bonds. The molecule has 0 aromatic heterocycles. The Kier molecular flexibility index (Phi) is 8.15. The number of ether oxygens (including phenoxy) is 3. The third-order valence-corrected chi connectivity index (χ3v) is 6.75. The highest BCUT2D eigenvalue weighted by Crippen LogP contribution is 2.41. The smallest absolute Gasteiger partial charge is 0.295 e. The van der Waals surface area contributed by atoms with Gasteiger partial charge in [0.15, 0.2) is 11.5 Å². The molecule has 2 aliphatic heterocycles. The van der Waals surface area contributed by atoms with E-state index in [-0.39, 0.29) is 11.1 Å². The highest BCUT2D eigenvalue weighted by Gasteiger charge is 2.44. The lowest BCUT2D eigenvalue weighted by molar-refractivity contribution is -0.896. The van der Waals surface area contributed by atoms with Crippen LogP contribution in [0.3, 0.4) is 0 Å². The summed E-state index contributed by atoms with van der Waals surface area (Å²) in [5, 5.41) is 13.7. The predicted molar refractivity (Wildman–Crippen MR) is 133 cm³/mol. The quantitative estimate of drug-likeness (QED) is 0.305. The number of fused-ring (bicyclic) bond motifs is 1. The van der Waals surface area contributed by atoms with E-state index in [2.05, 4.69) is 13.8 Å². The van der Waals surface area contributed by atoms with Crippen LogP contribution in [-0.2, 0) is 9.59 Å². The molecule has 8 heteroatoms. The Morgan fingerprint density at radius 3 is 2.53 bits per heavy atom. The maximum Gasteiger partial charge on any atom is 0.295 e. The van der Waals surface area contributed by atoms with Gasteiger partial charge in [-0.2, -0.15) is 0 Å². The molecule has 0 radical (unpaired) electrons. The molecule has 2 aliphatic rings. The Morgan fingerprint density at radius 2 is 1.81 bits per heavy atom. The fourth-order valence-corrected chi connectivity index (χ4v) is 4.83. The standard InChI is InChI=1S/C28H34N2O6/c1-4-29(5-2)13-8-14-30-25(19-9-7-10-21(17-19)34-6-3)24(27(32)28(30)33)26(31)20-11-12-22-23(18-20)36-16-15-35-22/h7,9-12,17-18,25,31H,4-6,8,13-16H2,1-3H3/b26-24+. The first-order valence-corrected chi connectivity index (χ1v) is 12.7. The van der Waals surface area contributed by atoms with E-state index in [1.54, 1.807) is 29.2 Å². The van der Waals surface area contributed by atoms with Gasteiger partial charge in [0.05, 0.1) is 32.3 Å².